The summed E-state index contributed by atoms with van der Waals surface area (Å²) in [4.78, 5) is 16.4. The maximum atomic E-state index is 12.8. The Morgan fingerprint density at radius 3 is 2.27 bits per heavy atom. The Hall–Kier alpha value is -3.00. The summed E-state index contributed by atoms with van der Waals surface area (Å²) in [6, 6.07) is 14.1. The van der Waals surface area contributed by atoms with Gasteiger partial charge in [-0.3, -0.25) is 4.40 Å². The largest absolute Gasteiger partial charge is 0.444 e. The van der Waals surface area contributed by atoms with E-state index in [-0.39, 0.29) is 6.09 Å². The Morgan fingerprint density at radius 2 is 1.67 bits per heavy atom. The molecule has 7 nitrogen and oxygen atoms in total. The highest BCUT2D eigenvalue weighted by Gasteiger charge is 2.34. The predicted octanol–water partition coefficient (Wildman–Crippen LogP) is 4.02. The number of carbonyl (C=O) groups is 1. The van der Waals surface area contributed by atoms with Gasteiger partial charge in [-0.15, -0.1) is 0 Å². The second-order valence-electron chi connectivity index (χ2n) is 9.84. The first kappa shape index (κ1) is 21.8. The van der Waals surface area contributed by atoms with Crippen LogP contribution >= 0.6 is 0 Å². The molecule has 5 heterocycles. The van der Waals surface area contributed by atoms with Crippen LogP contribution in [0.25, 0.3) is 16.4 Å². The molecule has 33 heavy (non-hydrogen) atoms. The van der Waals surface area contributed by atoms with Crippen LogP contribution in [0.15, 0.2) is 47.5 Å². The van der Waals surface area contributed by atoms with Crippen molar-refractivity contribution in [3.05, 3.63) is 53.6 Å². The van der Waals surface area contributed by atoms with Crippen molar-refractivity contribution >= 4 is 38.0 Å². The SMILES string of the molecule is CC(C)(C)OC(=O)N1CCN(c2ccc3c4c(Cc5ccccc5)c(S(C)(=O)=O)n3c24)CC1. The van der Waals surface area contributed by atoms with Gasteiger partial charge in [-0.25, -0.2) is 13.2 Å². The maximum Gasteiger partial charge on any atom is 0.410 e. The van der Waals surface area contributed by atoms with Crippen molar-refractivity contribution < 1.29 is 17.9 Å². The minimum atomic E-state index is -3.41. The smallest absolute Gasteiger partial charge is 0.410 e. The third-order valence-corrected chi connectivity index (χ3v) is 7.34. The van der Waals surface area contributed by atoms with Crippen molar-refractivity contribution in [3.8, 4) is 0 Å². The van der Waals surface area contributed by atoms with Gasteiger partial charge in [0.1, 0.15) is 10.6 Å². The molecule has 0 unspecified atom stereocenters. The zero-order valence-electron chi connectivity index (χ0n) is 19.5. The molecule has 4 aromatic heterocycles. The van der Waals surface area contributed by atoms with Crippen LogP contribution in [-0.4, -0.2) is 61.8 Å². The monoisotopic (exact) mass is 467 g/mol. The number of ether oxygens (including phenoxy) is 1. The minimum Gasteiger partial charge on any atom is -0.444 e. The number of sulfone groups is 1. The average molecular weight is 468 g/mol. The summed E-state index contributed by atoms with van der Waals surface area (Å²) in [5, 5.41) is 1.45. The number of benzene rings is 2. The second-order valence-corrected chi connectivity index (χ2v) is 11.8. The molecule has 174 valence electrons. The predicted molar refractivity (Wildman–Crippen MR) is 130 cm³/mol. The summed E-state index contributed by atoms with van der Waals surface area (Å²) in [5.74, 6) is 0. The molecule has 4 bridgehead atoms. The van der Waals surface area contributed by atoms with Crippen molar-refractivity contribution in [2.75, 3.05) is 37.3 Å². The molecule has 2 aromatic carbocycles. The number of amides is 1. The first-order chi connectivity index (χ1) is 15.5. The number of anilines is 1. The second kappa shape index (κ2) is 7.52. The quantitative estimate of drug-likeness (QED) is 0.453. The van der Waals surface area contributed by atoms with Gasteiger partial charge in [-0.2, -0.15) is 0 Å². The van der Waals surface area contributed by atoms with Crippen molar-refractivity contribution in [2.24, 2.45) is 0 Å². The Balaban J connectivity index is 1.46. The van der Waals surface area contributed by atoms with Crippen LogP contribution < -0.4 is 4.90 Å². The Kier molecular flexibility index (Phi) is 4.97. The van der Waals surface area contributed by atoms with E-state index in [0.29, 0.717) is 37.6 Å². The van der Waals surface area contributed by atoms with E-state index in [1.165, 1.54) is 6.26 Å². The highest BCUT2D eigenvalue weighted by Crippen LogP contribution is 2.46. The van der Waals surface area contributed by atoms with Crippen LogP contribution in [0.1, 0.15) is 31.9 Å². The van der Waals surface area contributed by atoms with Crippen LogP contribution in [0.3, 0.4) is 0 Å². The fraction of sp³-hybridized carbons (Fsp3) is 0.400. The molecule has 0 atom stereocenters. The molecule has 1 fully saturated rings. The summed E-state index contributed by atoms with van der Waals surface area (Å²) < 4.78 is 33.0. The number of pyridine rings is 1. The van der Waals surface area contributed by atoms with E-state index in [2.05, 4.69) is 11.0 Å². The van der Waals surface area contributed by atoms with Crippen LogP contribution in [0.5, 0.6) is 0 Å². The number of rotatable bonds is 4. The Bertz CT molecular complexity index is 1390. The van der Waals surface area contributed by atoms with Gasteiger partial charge in [0.15, 0.2) is 9.84 Å². The standard InChI is InChI=1S/C25H29N3O4S/c1-25(2,3)32-24(29)27-14-12-26(13-15-27)20-11-10-19-21-18(16-17-8-6-5-7-9-17)23(33(4,30)31)28(19)22(20)21/h5-11H,12-16H2,1-4H3. The molecule has 7 rings (SSSR count). The van der Waals surface area contributed by atoms with E-state index in [9.17, 15) is 13.2 Å². The van der Waals surface area contributed by atoms with Gasteiger partial charge in [0.05, 0.1) is 16.7 Å². The molecule has 1 saturated heterocycles. The number of piperazine rings is 1. The summed E-state index contributed by atoms with van der Waals surface area (Å²) in [6.07, 6.45) is 1.58. The molecule has 1 aliphatic heterocycles. The topological polar surface area (TPSA) is 71.3 Å². The normalized spacial score (nSPS) is 15.8. The first-order valence-electron chi connectivity index (χ1n) is 11.2. The van der Waals surface area contributed by atoms with Crippen molar-refractivity contribution in [1.82, 2.24) is 9.30 Å². The van der Waals surface area contributed by atoms with E-state index in [1.54, 1.807) is 4.90 Å². The van der Waals surface area contributed by atoms with Gasteiger partial charge in [0.2, 0.25) is 0 Å². The lowest BCUT2D eigenvalue weighted by Crippen LogP contribution is -2.50. The zero-order chi connectivity index (χ0) is 23.5. The third-order valence-electron chi connectivity index (χ3n) is 6.21. The van der Waals surface area contributed by atoms with Crippen LogP contribution in [0, 0.1) is 0 Å². The fourth-order valence-electron chi connectivity index (χ4n) is 4.87. The van der Waals surface area contributed by atoms with E-state index in [1.807, 2.05) is 61.6 Å². The lowest BCUT2D eigenvalue weighted by molar-refractivity contribution is 0.0240. The molecule has 0 aliphatic carbocycles. The average Bonchev–Trinajstić information content (AvgIpc) is 3.27. The lowest BCUT2D eigenvalue weighted by atomic mass is 10.0. The molecule has 0 spiro atoms. The molecule has 0 saturated carbocycles. The Morgan fingerprint density at radius 1 is 1.00 bits per heavy atom. The van der Waals surface area contributed by atoms with Crippen molar-refractivity contribution in [2.45, 2.75) is 37.8 Å². The highest BCUT2D eigenvalue weighted by molar-refractivity contribution is 7.90. The number of fused-ring (bicyclic) bond motifs is 3. The van der Waals surface area contributed by atoms with Crippen LogP contribution in [0.2, 0.25) is 0 Å². The van der Waals surface area contributed by atoms with Gasteiger partial charge in [-0.1, -0.05) is 30.3 Å². The van der Waals surface area contributed by atoms with E-state index in [4.69, 9.17) is 4.74 Å². The van der Waals surface area contributed by atoms with Crippen molar-refractivity contribution in [3.63, 3.8) is 0 Å². The van der Waals surface area contributed by atoms with Gasteiger partial charge < -0.3 is 14.5 Å². The van der Waals surface area contributed by atoms with Gasteiger partial charge in [0, 0.05) is 49.8 Å². The number of hydrogen-bond donors (Lipinski definition) is 0. The molecular weight excluding hydrogens is 438 g/mol. The fourth-order valence-corrected chi connectivity index (χ4v) is 6.01. The van der Waals surface area contributed by atoms with E-state index < -0.39 is 15.4 Å². The molecule has 6 aromatic rings. The Labute approximate surface area is 194 Å². The van der Waals surface area contributed by atoms with Gasteiger partial charge in [0.25, 0.3) is 0 Å². The molecule has 0 radical (unpaired) electrons. The summed E-state index contributed by atoms with van der Waals surface area (Å²) in [5.41, 5.74) is 4.41. The zero-order valence-corrected chi connectivity index (χ0v) is 20.3. The summed E-state index contributed by atoms with van der Waals surface area (Å²) in [7, 11) is -3.41. The summed E-state index contributed by atoms with van der Waals surface area (Å²) in [6.45, 7) is 8.06. The van der Waals surface area contributed by atoms with Crippen LogP contribution in [0.4, 0.5) is 10.5 Å². The molecule has 1 aliphatic rings. The number of hydrogen-bond acceptors (Lipinski definition) is 5. The number of aromatic nitrogens is 1. The lowest BCUT2D eigenvalue weighted by Gasteiger charge is -2.37. The minimum absolute atomic E-state index is 0.289. The molecule has 8 heteroatoms. The molecular formula is C25H29N3O4S. The van der Waals surface area contributed by atoms with Gasteiger partial charge >= 0.3 is 6.09 Å². The molecule has 0 N–H and O–H groups in total. The number of nitrogens with zero attached hydrogens (tertiary/aromatic N) is 3. The van der Waals surface area contributed by atoms with E-state index >= 15 is 0 Å². The first-order valence-corrected chi connectivity index (χ1v) is 13.1. The van der Waals surface area contributed by atoms with Crippen LogP contribution in [-0.2, 0) is 21.0 Å². The van der Waals surface area contributed by atoms with E-state index in [0.717, 1.165) is 33.2 Å². The summed E-state index contributed by atoms with van der Waals surface area (Å²) >= 11 is 0. The maximum absolute atomic E-state index is 12.8. The molecule has 1 amide bonds. The third kappa shape index (κ3) is 3.76. The van der Waals surface area contributed by atoms with Crippen molar-refractivity contribution in [1.29, 1.82) is 0 Å². The van der Waals surface area contributed by atoms with Gasteiger partial charge in [-0.05, 0) is 38.5 Å². The number of carbonyl (C=O) groups excluding carboxylic acids is 1. The highest BCUT2D eigenvalue weighted by atomic mass is 32.2.